The predicted octanol–water partition coefficient (Wildman–Crippen LogP) is 1.52. The van der Waals surface area contributed by atoms with Crippen molar-refractivity contribution in [1.82, 2.24) is 10.3 Å². The van der Waals surface area contributed by atoms with E-state index < -0.39 is 23.3 Å². The Bertz CT molecular complexity index is 593. The molecular formula is C13H13N3O4. The average molecular weight is 275 g/mol. The monoisotopic (exact) mass is 275 g/mol. The van der Waals surface area contributed by atoms with Gasteiger partial charge in [0.1, 0.15) is 0 Å². The molecular weight excluding hydrogens is 262 g/mol. The second-order valence-corrected chi connectivity index (χ2v) is 4.03. The number of benzene rings is 1. The largest absolute Gasteiger partial charge is 0.504 e. The van der Waals surface area contributed by atoms with Gasteiger partial charge >= 0.3 is 6.03 Å². The number of carbonyl (C=O) groups is 1. The van der Waals surface area contributed by atoms with Crippen molar-refractivity contribution in [3.8, 4) is 17.2 Å². The van der Waals surface area contributed by atoms with Crippen LogP contribution < -0.4 is 10.6 Å². The second-order valence-electron chi connectivity index (χ2n) is 4.03. The van der Waals surface area contributed by atoms with Crippen molar-refractivity contribution in [2.45, 2.75) is 6.54 Å². The number of phenolic OH excluding ortho intramolecular Hbond substituents is 3. The first-order chi connectivity index (χ1) is 9.56. The number of nitrogens with zero attached hydrogens (tertiary/aromatic N) is 1. The molecule has 5 N–H and O–H groups in total. The number of anilines is 1. The van der Waals surface area contributed by atoms with E-state index in [1.807, 2.05) is 6.07 Å². The van der Waals surface area contributed by atoms with Crippen LogP contribution in [0, 0.1) is 0 Å². The fraction of sp³-hybridized carbons (Fsp3) is 0.0769. The van der Waals surface area contributed by atoms with Gasteiger partial charge < -0.3 is 26.0 Å². The number of hydrogen-bond acceptors (Lipinski definition) is 5. The van der Waals surface area contributed by atoms with Crippen LogP contribution in [0.3, 0.4) is 0 Å². The number of phenols is 3. The lowest BCUT2D eigenvalue weighted by atomic mass is 10.2. The molecule has 20 heavy (non-hydrogen) atoms. The Morgan fingerprint density at radius 1 is 1.20 bits per heavy atom. The van der Waals surface area contributed by atoms with Gasteiger partial charge in [0.25, 0.3) is 0 Å². The van der Waals surface area contributed by atoms with Gasteiger partial charge in [-0.05, 0) is 11.6 Å². The summed E-state index contributed by atoms with van der Waals surface area (Å²) in [5.74, 6) is -1.67. The zero-order valence-electron chi connectivity index (χ0n) is 10.4. The number of pyridine rings is 1. The molecule has 0 aliphatic carbocycles. The molecule has 0 saturated heterocycles. The standard InChI is InChI=1S/C13H13N3O4/c17-10-4-9(5-11(18)12(10)19)16-13(20)15-7-8-2-1-3-14-6-8/h1-6,17-19H,7H2,(H2,15,16,20). The Morgan fingerprint density at radius 2 is 1.90 bits per heavy atom. The maximum absolute atomic E-state index is 11.6. The van der Waals surface area contributed by atoms with Crippen LogP contribution in [0.5, 0.6) is 17.2 Å². The highest BCUT2D eigenvalue weighted by Gasteiger charge is 2.10. The molecule has 0 bridgehead atoms. The fourth-order valence-electron chi connectivity index (χ4n) is 1.54. The Balaban J connectivity index is 1.95. The van der Waals surface area contributed by atoms with E-state index in [2.05, 4.69) is 15.6 Å². The summed E-state index contributed by atoms with van der Waals surface area (Å²) in [4.78, 5) is 15.5. The topological polar surface area (TPSA) is 115 Å². The molecule has 2 amide bonds. The fourth-order valence-corrected chi connectivity index (χ4v) is 1.54. The van der Waals surface area contributed by atoms with Crippen molar-refractivity contribution in [2.75, 3.05) is 5.32 Å². The molecule has 7 nitrogen and oxygen atoms in total. The summed E-state index contributed by atoms with van der Waals surface area (Å²) in [5.41, 5.74) is 0.987. The van der Waals surface area contributed by atoms with Crippen molar-refractivity contribution in [3.05, 3.63) is 42.2 Å². The van der Waals surface area contributed by atoms with Crippen molar-refractivity contribution in [2.24, 2.45) is 0 Å². The lowest BCUT2D eigenvalue weighted by Crippen LogP contribution is -2.28. The van der Waals surface area contributed by atoms with Crippen LogP contribution in [0.25, 0.3) is 0 Å². The zero-order chi connectivity index (χ0) is 14.5. The van der Waals surface area contributed by atoms with Gasteiger partial charge in [0.15, 0.2) is 17.2 Å². The summed E-state index contributed by atoms with van der Waals surface area (Å²) in [6.45, 7) is 0.287. The summed E-state index contributed by atoms with van der Waals surface area (Å²) >= 11 is 0. The minimum Gasteiger partial charge on any atom is -0.504 e. The number of hydrogen-bond donors (Lipinski definition) is 5. The van der Waals surface area contributed by atoms with E-state index in [0.29, 0.717) is 0 Å². The Kier molecular flexibility index (Phi) is 3.90. The molecule has 1 aromatic heterocycles. The van der Waals surface area contributed by atoms with Gasteiger partial charge in [-0.2, -0.15) is 0 Å². The van der Waals surface area contributed by atoms with Crippen LogP contribution in [0.1, 0.15) is 5.56 Å². The molecule has 0 aliphatic rings. The lowest BCUT2D eigenvalue weighted by molar-refractivity contribution is 0.251. The maximum Gasteiger partial charge on any atom is 0.319 e. The average Bonchev–Trinajstić information content (AvgIpc) is 2.43. The molecule has 0 atom stereocenters. The summed E-state index contributed by atoms with van der Waals surface area (Å²) < 4.78 is 0. The number of amides is 2. The van der Waals surface area contributed by atoms with E-state index in [0.717, 1.165) is 17.7 Å². The smallest absolute Gasteiger partial charge is 0.319 e. The third-order valence-corrected chi connectivity index (χ3v) is 2.50. The van der Waals surface area contributed by atoms with Gasteiger partial charge in [-0.25, -0.2) is 4.79 Å². The van der Waals surface area contributed by atoms with Crippen LogP contribution in [0.2, 0.25) is 0 Å². The highest BCUT2D eigenvalue weighted by atomic mass is 16.3. The van der Waals surface area contributed by atoms with E-state index in [-0.39, 0.29) is 12.2 Å². The van der Waals surface area contributed by atoms with Gasteiger partial charge in [0, 0.05) is 31.1 Å². The summed E-state index contributed by atoms with van der Waals surface area (Å²) in [7, 11) is 0. The van der Waals surface area contributed by atoms with Crippen LogP contribution in [-0.2, 0) is 6.54 Å². The molecule has 0 saturated carbocycles. The van der Waals surface area contributed by atoms with E-state index >= 15 is 0 Å². The number of aromatic hydroxyl groups is 3. The Labute approximate surface area is 114 Å². The van der Waals surface area contributed by atoms with Crippen molar-refractivity contribution in [1.29, 1.82) is 0 Å². The van der Waals surface area contributed by atoms with Gasteiger partial charge in [-0.1, -0.05) is 6.07 Å². The van der Waals surface area contributed by atoms with E-state index in [1.54, 1.807) is 18.5 Å². The zero-order valence-corrected chi connectivity index (χ0v) is 10.4. The molecule has 0 radical (unpaired) electrons. The Morgan fingerprint density at radius 3 is 2.50 bits per heavy atom. The van der Waals surface area contributed by atoms with Crippen molar-refractivity contribution < 1.29 is 20.1 Å². The molecule has 7 heteroatoms. The number of carbonyl (C=O) groups excluding carboxylic acids is 1. The lowest BCUT2D eigenvalue weighted by Gasteiger charge is -2.09. The minimum absolute atomic E-state index is 0.154. The number of rotatable bonds is 3. The maximum atomic E-state index is 11.6. The van der Waals surface area contributed by atoms with Crippen LogP contribution in [0.4, 0.5) is 10.5 Å². The summed E-state index contributed by atoms with van der Waals surface area (Å²) in [6, 6.07) is 5.30. The van der Waals surface area contributed by atoms with Gasteiger partial charge in [-0.15, -0.1) is 0 Å². The molecule has 0 fully saturated rings. The van der Waals surface area contributed by atoms with Gasteiger partial charge in [-0.3, -0.25) is 4.98 Å². The SMILES string of the molecule is O=C(NCc1cccnc1)Nc1cc(O)c(O)c(O)c1. The van der Waals surface area contributed by atoms with E-state index in [4.69, 9.17) is 0 Å². The second kappa shape index (κ2) is 5.79. The first-order valence-electron chi connectivity index (χ1n) is 5.75. The molecule has 0 spiro atoms. The first kappa shape index (κ1) is 13.5. The molecule has 0 unspecified atom stereocenters. The number of aromatic nitrogens is 1. The van der Waals surface area contributed by atoms with E-state index in [9.17, 15) is 20.1 Å². The molecule has 2 rings (SSSR count). The van der Waals surface area contributed by atoms with Crippen LogP contribution in [-0.4, -0.2) is 26.3 Å². The highest BCUT2D eigenvalue weighted by molar-refractivity contribution is 5.90. The molecule has 104 valence electrons. The summed E-state index contributed by atoms with van der Waals surface area (Å²) in [6.07, 6.45) is 3.25. The van der Waals surface area contributed by atoms with Gasteiger partial charge in [0.2, 0.25) is 0 Å². The third kappa shape index (κ3) is 3.29. The van der Waals surface area contributed by atoms with Crippen molar-refractivity contribution >= 4 is 11.7 Å². The predicted molar refractivity (Wildman–Crippen MR) is 71.5 cm³/mol. The number of urea groups is 1. The molecule has 1 aromatic carbocycles. The van der Waals surface area contributed by atoms with Gasteiger partial charge in [0.05, 0.1) is 5.69 Å². The molecule has 0 aliphatic heterocycles. The highest BCUT2D eigenvalue weighted by Crippen LogP contribution is 2.37. The minimum atomic E-state index is -0.633. The first-order valence-corrected chi connectivity index (χ1v) is 5.75. The van der Waals surface area contributed by atoms with Crippen LogP contribution in [0.15, 0.2) is 36.7 Å². The summed E-state index contributed by atoms with van der Waals surface area (Å²) in [5, 5.41) is 32.8. The quantitative estimate of drug-likeness (QED) is 0.430. The normalized spacial score (nSPS) is 10.0. The Hall–Kier alpha value is -2.96. The van der Waals surface area contributed by atoms with E-state index in [1.165, 1.54) is 0 Å². The molecule has 2 aromatic rings. The molecule has 1 heterocycles. The number of nitrogens with one attached hydrogen (secondary N) is 2. The van der Waals surface area contributed by atoms with Crippen molar-refractivity contribution in [3.63, 3.8) is 0 Å². The third-order valence-electron chi connectivity index (χ3n) is 2.50. The van der Waals surface area contributed by atoms with Crippen LogP contribution >= 0.6 is 0 Å².